The van der Waals surface area contributed by atoms with E-state index in [4.69, 9.17) is 4.74 Å². The minimum Gasteiger partial charge on any atom is -0.508 e. The van der Waals surface area contributed by atoms with Crippen molar-refractivity contribution in [2.45, 2.75) is 19.3 Å². The van der Waals surface area contributed by atoms with Crippen LogP contribution in [0.2, 0.25) is 0 Å². The molecule has 0 saturated heterocycles. The number of rotatable bonds is 11. The summed E-state index contributed by atoms with van der Waals surface area (Å²) in [6.45, 7) is 4.04. The molecule has 0 bridgehead atoms. The van der Waals surface area contributed by atoms with Gasteiger partial charge in [-0.15, -0.1) is 0 Å². The van der Waals surface area contributed by atoms with Crippen molar-refractivity contribution in [3.8, 4) is 17.0 Å². The lowest BCUT2D eigenvalue weighted by Crippen LogP contribution is -2.18. The summed E-state index contributed by atoms with van der Waals surface area (Å²) >= 11 is 0. The molecule has 0 radical (unpaired) electrons. The Labute approximate surface area is 193 Å². The SMILES string of the molecule is CNC(=O)c1ccc([C@H](C)CNc2cc(-c3ccc(NCCCOC)nc3)ncn2)c(O)c1. The number of nitrogens with zero attached hydrogens (tertiary/aromatic N) is 3. The Morgan fingerprint density at radius 3 is 2.64 bits per heavy atom. The van der Waals surface area contributed by atoms with Crippen molar-refractivity contribution in [1.29, 1.82) is 0 Å². The fourth-order valence-electron chi connectivity index (χ4n) is 3.31. The smallest absolute Gasteiger partial charge is 0.251 e. The van der Waals surface area contributed by atoms with E-state index < -0.39 is 0 Å². The van der Waals surface area contributed by atoms with Gasteiger partial charge < -0.3 is 25.8 Å². The molecule has 4 N–H and O–H groups in total. The summed E-state index contributed by atoms with van der Waals surface area (Å²) in [5.74, 6) is 1.33. The lowest BCUT2D eigenvalue weighted by Gasteiger charge is -2.16. The van der Waals surface area contributed by atoms with Gasteiger partial charge >= 0.3 is 0 Å². The normalized spacial score (nSPS) is 11.6. The highest BCUT2D eigenvalue weighted by molar-refractivity contribution is 5.94. The second-order valence-electron chi connectivity index (χ2n) is 7.63. The first-order valence-electron chi connectivity index (χ1n) is 10.8. The molecule has 0 unspecified atom stereocenters. The molecular formula is C24H30N6O3. The number of aromatic nitrogens is 3. The van der Waals surface area contributed by atoms with Crippen LogP contribution in [0.3, 0.4) is 0 Å². The van der Waals surface area contributed by atoms with Crippen molar-refractivity contribution in [1.82, 2.24) is 20.3 Å². The van der Waals surface area contributed by atoms with Crippen LogP contribution in [0.4, 0.5) is 11.6 Å². The Bertz CT molecular complexity index is 1060. The summed E-state index contributed by atoms with van der Waals surface area (Å²) in [4.78, 5) is 24.8. The highest BCUT2D eigenvalue weighted by Crippen LogP contribution is 2.27. The molecule has 1 amide bonds. The number of nitrogens with one attached hydrogen (secondary N) is 3. The number of carbonyl (C=O) groups is 1. The van der Waals surface area contributed by atoms with E-state index in [0.717, 1.165) is 35.6 Å². The first-order chi connectivity index (χ1) is 16.0. The number of phenolic OH excluding ortho intramolecular Hbond substituents is 1. The van der Waals surface area contributed by atoms with Crippen molar-refractivity contribution in [3.05, 3.63) is 60.0 Å². The van der Waals surface area contributed by atoms with E-state index in [1.165, 1.54) is 12.4 Å². The third-order valence-corrected chi connectivity index (χ3v) is 5.20. The number of ether oxygens (including phenoxy) is 1. The summed E-state index contributed by atoms with van der Waals surface area (Å²) in [7, 11) is 3.25. The standard InChI is InChI=1S/C24H30N6O3/c1-16(19-7-5-17(11-21(19)31)24(32)25-2)13-27-23-12-20(29-15-30-23)18-6-8-22(28-14-18)26-9-4-10-33-3/h5-8,11-12,14-16,31H,4,9-10,13H2,1-3H3,(H,25,32)(H,26,28)(H,27,29,30)/t16-/m1/s1. The molecule has 0 aliphatic rings. The molecular weight excluding hydrogens is 420 g/mol. The molecule has 174 valence electrons. The molecule has 3 aromatic rings. The zero-order valence-electron chi connectivity index (χ0n) is 19.1. The quantitative estimate of drug-likeness (QED) is 0.329. The van der Waals surface area contributed by atoms with Crippen LogP contribution in [0.1, 0.15) is 35.2 Å². The van der Waals surface area contributed by atoms with E-state index in [1.807, 2.05) is 25.1 Å². The van der Waals surface area contributed by atoms with Crippen molar-refractivity contribution in [3.63, 3.8) is 0 Å². The predicted molar refractivity (Wildman–Crippen MR) is 129 cm³/mol. The predicted octanol–water partition coefficient (Wildman–Crippen LogP) is 3.27. The minimum atomic E-state index is -0.236. The Hall–Kier alpha value is -3.72. The van der Waals surface area contributed by atoms with Gasteiger partial charge in [-0.1, -0.05) is 13.0 Å². The highest BCUT2D eigenvalue weighted by Gasteiger charge is 2.14. The number of hydrogen-bond acceptors (Lipinski definition) is 8. The summed E-state index contributed by atoms with van der Waals surface area (Å²) in [6, 6.07) is 10.7. The summed E-state index contributed by atoms with van der Waals surface area (Å²) in [6.07, 6.45) is 4.20. The van der Waals surface area contributed by atoms with Crippen LogP contribution in [0.15, 0.2) is 48.9 Å². The van der Waals surface area contributed by atoms with Crippen LogP contribution in [-0.2, 0) is 4.74 Å². The van der Waals surface area contributed by atoms with Gasteiger partial charge in [0.25, 0.3) is 5.91 Å². The number of hydrogen-bond donors (Lipinski definition) is 4. The van der Waals surface area contributed by atoms with E-state index in [2.05, 4.69) is 30.9 Å². The van der Waals surface area contributed by atoms with Crippen LogP contribution in [0.25, 0.3) is 11.3 Å². The average molecular weight is 451 g/mol. The van der Waals surface area contributed by atoms with E-state index >= 15 is 0 Å². The molecule has 9 heteroatoms. The lowest BCUT2D eigenvalue weighted by atomic mass is 9.98. The molecule has 9 nitrogen and oxygen atoms in total. The molecule has 3 rings (SSSR count). The van der Waals surface area contributed by atoms with Gasteiger partial charge in [0.15, 0.2) is 0 Å². The van der Waals surface area contributed by atoms with Crippen molar-refractivity contribution < 1.29 is 14.6 Å². The Balaban J connectivity index is 1.60. The monoisotopic (exact) mass is 450 g/mol. The Kier molecular flexibility index (Phi) is 8.54. The third kappa shape index (κ3) is 6.63. The second kappa shape index (κ2) is 11.8. The topological polar surface area (TPSA) is 121 Å². The molecule has 0 fully saturated rings. The molecule has 1 atom stereocenters. The maximum absolute atomic E-state index is 11.7. The van der Waals surface area contributed by atoms with Crippen LogP contribution in [-0.4, -0.2) is 59.8 Å². The van der Waals surface area contributed by atoms with E-state index in [0.29, 0.717) is 24.5 Å². The van der Waals surface area contributed by atoms with Crippen molar-refractivity contribution in [2.75, 3.05) is 44.5 Å². The minimum absolute atomic E-state index is 0.00714. The van der Waals surface area contributed by atoms with Crippen LogP contribution < -0.4 is 16.0 Å². The first kappa shape index (κ1) is 23.9. The molecule has 0 aliphatic heterocycles. The summed E-state index contributed by atoms with van der Waals surface area (Å²) in [5.41, 5.74) is 2.82. The molecule has 0 saturated carbocycles. The number of methoxy groups -OCH3 is 1. The maximum atomic E-state index is 11.7. The summed E-state index contributed by atoms with van der Waals surface area (Å²) in [5, 5.41) is 19.4. The van der Waals surface area contributed by atoms with Crippen molar-refractivity contribution in [2.24, 2.45) is 0 Å². The number of carbonyl (C=O) groups excluding carboxylic acids is 1. The number of amides is 1. The second-order valence-corrected chi connectivity index (χ2v) is 7.63. The fourth-order valence-corrected chi connectivity index (χ4v) is 3.31. The maximum Gasteiger partial charge on any atom is 0.251 e. The first-order valence-corrected chi connectivity index (χ1v) is 10.8. The van der Waals surface area contributed by atoms with Gasteiger partial charge in [-0.3, -0.25) is 4.79 Å². The van der Waals surface area contributed by atoms with Crippen LogP contribution in [0.5, 0.6) is 5.75 Å². The van der Waals surface area contributed by atoms with E-state index in [-0.39, 0.29) is 17.6 Å². The van der Waals surface area contributed by atoms with Gasteiger partial charge in [0, 0.05) is 63.2 Å². The number of anilines is 2. The molecule has 33 heavy (non-hydrogen) atoms. The molecule has 1 aromatic carbocycles. The fraction of sp³-hybridized carbons (Fsp3) is 0.333. The van der Waals surface area contributed by atoms with E-state index in [1.54, 1.807) is 32.5 Å². The largest absolute Gasteiger partial charge is 0.508 e. The van der Waals surface area contributed by atoms with Crippen LogP contribution >= 0.6 is 0 Å². The molecule has 0 spiro atoms. The average Bonchev–Trinajstić information content (AvgIpc) is 2.85. The lowest BCUT2D eigenvalue weighted by molar-refractivity contribution is 0.0962. The van der Waals surface area contributed by atoms with Gasteiger partial charge in [-0.05, 0) is 36.2 Å². The van der Waals surface area contributed by atoms with Gasteiger partial charge in [-0.25, -0.2) is 15.0 Å². The number of benzene rings is 1. The van der Waals surface area contributed by atoms with Crippen molar-refractivity contribution >= 4 is 17.5 Å². The van der Waals surface area contributed by atoms with Gasteiger partial charge in [0.05, 0.1) is 5.69 Å². The Morgan fingerprint density at radius 2 is 1.94 bits per heavy atom. The molecule has 0 aliphatic carbocycles. The van der Waals surface area contributed by atoms with Gasteiger partial charge in [0.2, 0.25) is 0 Å². The van der Waals surface area contributed by atoms with E-state index in [9.17, 15) is 9.90 Å². The van der Waals surface area contributed by atoms with Crippen LogP contribution in [0, 0.1) is 0 Å². The molecule has 2 aromatic heterocycles. The number of pyridine rings is 1. The van der Waals surface area contributed by atoms with Gasteiger partial charge in [-0.2, -0.15) is 0 Å². The zero-order chi connectivity index (χ0) is 23.6. The summed E-state index contributed by atoms with van der Waals surface area (Å²) < 4.78 is 5.04. The number of phenols is 1. The highest BCUT2D eigenvalue weighted by atomic mass is 16.5. The Morgan fingerprint density at radius 1 is 1.09 bits per heavy atom. The zero-order valence-corrected chi connectivity index (χ0v) is 19.1. The molecule has 2 heterocycles. The number of aromatic hydroxyl groups is 1. The van der Waals surface area contributed by atoms with Gasteiger partial charge in [0.1, 0.15) is 23.7 Å². The third-order valence-electron chi connectivity index (χ3n) is 5.20.